The van der Waals surface area contributed by atoms with Gasteiger partial charge in [-0.2, -0.15) is 0 Å². The monoisotopic (exact) mass is 325 g/mol. The summed E-state index contributed by atoms with van der Waals surface area (Å²) in [7, 11) is 2.01. The smallest absolute Gasteiger partial charge is 0.165 e. The van der Waals surface area contributed by atoms with Crippen molar-refractivity contribution in [1.29, 1.82) is 0 Å². The summed E-state index contributed by atoms with van der Waals surface area (Å²) in [4.78, 5) is 15.1. The van der Waals surface area contributed by atoms with E-state index in [1.807, 2.05) is 25.4 Å². The van der Waals surface area contributed by atoms with Gasteiger partial charge >= 0.3 is 0 Å². The Labute approximate surface area is 145 Å². The van der Waals surface area contributed by atoms with Crippen LogP contribution in [0, 0.1) is 6.42 Å². The van der Waals surface area contributed by atoms with Gasteiger partial charge in [-0.15, -0.1) is 0 Å². The van der Waals surface area contributed by atoms with Crippen molar-refractivity contribution in [2.24, 2.45) is 7.05 Å². The third-order valence-corrected chi connectivity index (χ3v) is 5.12. The fourth-order valence-electron chi connectivity index (χ4n) is 3.70. The number of Topliss-reactive ketones (excluding diaryl/α,β-unsaturated/α-hetero) is 1. The molecule has 0 spiro atoms. The predicted molar refractivity (Wildman–Crippen MR) is 100 cm³/mol. The van der Waals surface area contributed by atoms with Crippen LogP contribution in [0.5, 0.6) is 0 Å². The van der Waals surface area contributed by atoms with Crippen molar-refractivity contribution in [2.75, 3.05) is 19.6 Å². The lowest BCUT2D eigenvalue weighted by atomic mass is 10.0. The van der Waals surface area contributed by atoms with Crippen LogP contribution in [0.3, 0.4) is 0 Å². The molecule has 3 rings (SSSR count). The Kier molecular flexibility index (Phi) is 6.08. The van der Waals surface area contributed by atoms with E-state index in [1.165, 1.54) is 45.3 Å². The molecule has 0 saturated carbocycles. The fraction of sp³-hybridized carbons (Fsp3) is 0.524. The van der Waals surface area contributed by atoms with E-state index in [0.29, 0.717) is 12.2 Å². The molecule has 0 amide bonds. The lowest BCUT2D eigenvalue weighted by molar-refractivity contribution is 0.0980. The Bertz CT molecular complexity index is 668. The van der Waals surface area contributed by atoms with Crippen LogP contribution >= 0.6 is 0 Å². The molecule has 1 aromatic heterocycles. The average Bonchev–Trinajstić information content (AvgIpc) is 2.96. The normalized spacial score (nSPS) is 15.9. The lowest BCUT2D eigenvalue weighted by Gasteiger charge is -2.26. The zero-order valence-electron chi connectivity index (χ0n) is 14.8. The van der Waals surface area contributed by atoms with Crippen LogP contribution in [0.2, 0.25) is 0 Å². The molecule has 0 N–H and O–H groups in total. The van der Waals surface area contributed by atoms with Crippen molar-refractivity contribution >= 4 is 16.7 Å². The van der Waals surface area contributed by atoms with E-state index in [-0.39, 0.29) is 0 Å². The molecule has 0 atom stereocenters. The van der Waals surface area contributed by atoms with E-state index >= 15 is 0 Å². The number of likely N-dealkylation sites (tertiary alicyclic amines) is 1. The minimum Gasteiger partial charge on any atom is -0.350 e. The molecular weight excluding hydrogens is 296 g/mol. The molecule has 1 aliphatic heterocycles. The summed E-state index contributed by atoms with van der Waals surface area (Å²) >= 11 is 0. The highest BCUT2D eigenvalue weighted by Gasteiger charge is 2.13. The van der Waals surface area contributed by atoms with Gasteiger partial charge in [-0.25, -0.2) is 0 Å². The van der Waals surface area contributed by atoms with Gasteiger partial charge in [0.15, 0.2) is 5.78 Å². The Balaban J connectivity index is 1.39. The number of benzene rings is 1. The number of carbonyl (C=O) groups is 1. The number of rotatable bonds is 8. The Morgan fingerprint density at radius 1 is 1.04 bits per heavy atom. The lowest BCUT2D eigenvalue weighted by Crippen LogP contribution is -2.30. The molecule has 129 valence electrons. The number of aryl methyl sites for hydroxylation is 1. The van der Waals surface area contributed by atoms with Gasteiger partial charge in [-0.1, -0.05) is 31.0 Å². The predicted octanol–water partition coefficient (Wildman–Crippen LogP) is 4.61. The summed E-state index contributed by atoms with van der Waals surface area (Å²) in [6.45, 7) is 3.70. The van der Waals surface area contributed by atoms with Crippen LogP contribution in [0.1, 0.15) is 55.3 Å². The van der Waals surface area contributed by atoms with Crippen LogP contribution in [-0.4, -0.2) is 34.9 Å². The molecular formula is C21H29N2O. The van der Waals surface area contributed by atoms with Crippen LogP contribution in [-0.2, 0) is 7.05 Å². The van der Waals surface area contributed by atoms with Crippen molar-refractivity contribution in [3.05, 3.63) is 42.4 Å². The number of piperidine rings is 1. The minimum absolute atomic E-state index is 0.290. The van der Waals surface area contributed by atoms with E-state index in [2.05, 4.69) is 28.0 Å². The number of fused-ring (bicyclic) bond motifs is 1. The number of unbranched alkanes of at least 4 members (excludes halogenated alkanes) is 3. The second kappa shape index (κ2) is 8.48. The van der Waals surface area contributed by atoms with Crippen molar-refractivity contribution in [2.45, 2.75) is 44.9 Å². The summed E-state index contributed by atoms with van der Waals surface area (Å²) < 4.78 is 2.05. The van der Waals surface area contributed by atoms with Gasteiger partial charge in [0.2, 0.25) is 0 Å². The van der Waals surface area contributed by atoms with Crippen molar-refractivity contribution in [3.8, 4) is 0 Å². The number of carbonyl (C=O) groups excluding carboxylic acids is 1. The van der Waals surface area contributed by atoms with Gasteiger partial charge in [-0.05, 0) is 57.8 Å². The summed E-state index contributed by atoms with van der Waals surface area (Å²) in [5.74, 6) is 0.290. The molecule has 3 heteroatoms. The van der Waals surface area contributed by atoms with E-state index in [9.17, 15) is 4.79 Å². The van der Waals surface area contributed by atoms with Crippen molar-refractivity contribution in [1.82, 2.24) is 9.47 Å². The number of ketones is 1. The molecule has 1 fully saturated rings. The molecule has 1 saturated heterocycles. The molecule has 2 aromatic rings. The van der Waals surface area contributed by atoms with Crippen molar-refractivity contribution in [3.63, 3.8) is 0 Å². The van der Waals surface area contributed by atoms with Crippen molar-refractivity contribution < 1.29 is 4.79 Å². The molecule has 24 heavy (non-hydrogen) atoms. The number of para-hydroxylation sites is 1. The first-order valence-corrected chi connectivity index (χ1v) is 9.37. The molecule has 1 aliphatic rings. The Hall–Kier alpha value is -1.61. The third-order valence-electron chi connectivity index (χ3n) is 5.12. The maximum atomic E-state index is 12.5. The second-order valence-electron chi connectivity index (χ2n) is 6.97. The van der Waals surface area contributed by atoms with Gasteiger partial charge in [0, 0.05) is 36.1 Å². The summed E-state index contributed by atoms with van der Waals surface area (Å²) in [6.07, 6.45) is 12.2. The molecule has 1 radical (unpaired) electrons. The standard InChI is InChI=1S/C21H29N2O/c1-22-17-19(18-11-6-7-12-20(18)22)21(24)13-5-2-3-8-14-23-15-9-4-10-16-23/h4,6-7,11-12,17H,2-3,5,8-10,13-16H2,1H3. The highest BCUT2D eigenvalue weighted by atomic mass is 16.1. The molecule has 0 bridgehead atoms. The maximum absolute atomic E-state index is 12.5. The fourth-order valence-corrected chi connectivity index (χ4v) is 3.70. The maximum Gasteiger partial charge on any atom is 0.165 e. The largest absolute Gasteiger partial charge is 0.350 e. The molecule has 0 aliphatic carbocycles. The van der Waals surface area contributed by atoms with Crippen LogP contribution < -0.4 is 0 Å². The number of hydrogen-bond acceptors (Lipinski definition) is 2. The van der Waals surface area contributed by atoms with Crippen LogP contribution in [0.25, 0.3) is 10.9 Å². The quantitative estimate of drug-likeness (QED) is 0.523. The number of nitrogens with zero attached hydrogens (tertiary/aromatic N) is 2. The van der Waals surface area contributed by atoms with Gasteiger partial charge < -0.3 is 9.47 Å². The van der Waals surface area contributed by atoms with E-state index < -0.39 is 0 Å². The minimum atomic E-state index is 0.290. The highest BCUT2D eigenvalue weighted by molar-refractivity contribution is 6.08. The second-order valence-corrected chi connectivity index (χ2v) is 6.97. The highest BCUT2D eigenvalue weighted by Crippen LogP contribution is 2.22. The van der Waals surface area contributed by atoms with E-state index in [1.54, 1.807) is 0 Å². The number of aromatic nitrogens is 1. The zero-order chi connectivity index (χ0) is 16.8. The van der Waals surface area contributed by atoms with E-state index in [4.69, 9.17) is 0 Å². The summed E-state index contributed by atoms with van der Waals surface area (Å²) in [5, 5.41) is 1.09. The first-order chi connectivity index (χ1) is 11.8. The summed E-state index contributed by atoms with van der Waals surface area (Å²) in [6, 6.07) is 8.16. The van der Waals surface area contributed by atoms with Gasteiger partial charge in [0.05, 0.1) is 0 Å². The van der Waals surface area contributed by atoms with E-state index in [0.717, 1.165) is 29.3 Å². The van der Waals surface area contributed by atoms with Crippen LogP contribution in [0.15, 0.2) is 30.5 Å². The summed E-state index contributed by atoms with van der Waals surface area (Å²) in [5.41, 5.74) is 2.03. The first kappa shape index (κ1) is 17.2. The SMILES string of the molecule is Cn1cc(C(=O)CCCCCCN2CC[CH]CC2)c2ccccc21. The van der Waals surface area contributed by atoms with Crippen LogP contribution in [0.4, 0.5) is 0 Å². The molecule has 1 aromatic carbocycles. The van der Waals surface area contributed by atoms with Gasteiger partial charge in [0.1, 0.15) is 0 Å². The van der Waals surface area contributed by atoms with Gasteiger partial charge in [-0.3, -0.25) is 4.79 Å². The third kappa shape index (κ3) is 4.27. The Morgan fingerprint density at radius 2 is 1.79 bits per heavy atom. The van der Waals surface area contributed by atoms with Gasteiger partial charge in [0.25, 0.3) is 0 Å². The zero-order valence-corrected chi connectivity index (χ0v) is 14.8. The topological polar surface area (TPSA) is 25.2 Å². The molecule has 3 nitrogen and oxygen atoms in total. The molecule has 2 heterocycles. The average molecular weight is 325 g/mol. The number of hydrogen-bond donors (Lipinski definition) is 0. The Morgan fingerprint density at radius 3 is 2.62 bits per heavy atom. The molecule has 0 unspecified atom stereocenters. The first-order valence-electron chi connectivity index (χ1n) is 9.37.